The zero-order valence-electron chi connectivity index (χ0n) is 10.2. The van der Waals surface area contributed by atoms with Crippen molar-refractivity contribution in [2.24, 2.45) is 5.92 Å². The molecule has 0 aromatic heterocycles. The molecule has 0 saturated carbocycles. The van der Waals surface area contributed by atoms with E-state index in [9.17, 15) is 5.11 Å². The lowest BCUT2D eigenvalue weighted by Crippen LogP contribution is -2.32. The summed E-state index contributed by atoms with van der Waals surface area (Å²) in [5.74, 6) is -0.0193. The van der Waals surface area contributed by atoms with Crippen molar-refractivity contribution in [3.63, 3.8) is 0 Å². The summed E-state index contributed by atoms with van der Waals surface area (Å²) in [6, 6.07) is 0.728. The fourth-order valence-corrected chi connectivity index (χ4v) is 3.71. The van der Waals surface area contributed by atoms with E-state index in [1.165, 1.54) is 0 Å². The minimum atomic E-state index is -1.71. The largest absolute Gasteiger partial charge is 0.502 e. The molecule has 0 aromatic rings. The fourth-order valence-electron chi connectivity index (χ4n) is 1.14. The van der Waals surface area contributed by atoms with E-state index in [0.29, 0.717) is 0 Å². The first-order valence-electron chi connectivity index (χ1n) is 5.36. The molecule has 0 bridgehead atoms. The molecule has 0 rings (SSSR count). The molecular weight excluding hydrogens is 228 g/mol. The van der Waals surface area contributed by atoms with Crippen LogP contribution < -0.4 is 0 Å². The highest BCUT2D eigenvalue weighted by molar-refractivity contribution is 7.80. The first-order valence-corrected chi connectivity index (χ1v) is 7.53. The molecule has 0 saturated heterocycles. The van der Waals surface area contributed by atoms with Crippen LogP contribution in [0.5, 0.6) is 0 Å². The lowest BCUT2D eigenvalue weighted by molar-refractivity contribution is 0.128. The van der Waals surface area contributed by atoms with E-state index in [0.717, 1.165) is 6.04 Å². The van der Waals surface area contributed by atoms with Gasteiger partial charge in [-0.25, -0.2) is 0 Å². The highest BCUT2D eigenvalue weighted by Gasteiger charge is 2.22. The number of aliphatic hydroxyl groups is 1. The Morgan fingerprint density at radius 2 is 1.53 bits per heavy atom. The van der Waals surface area contributed by atoms with E-state index in [-0.39, 0.29) is 23.2 Å². The van der Waals surface area contributed by atoms with Gasteiger partial charge in [-0.05, 0) is 46.0 Å². The third kappa shape index (κ3) is 7.90. The SMILES string of the molecule is CC(C)O[SiH](CC(C)C(O)=S)OC(C)C. The van der Waals surface area contributed by atoms with Crippen LogP contribution in [0, 0.1) is 5.92 Å². The maximum Gasteiger partial charge on any atom is 0.322 e. The monoisotopic (exact) mass is 250 g/mol. The lowest BCUT2D eigenvalue weighted by Gasteiger charge is -2.23. The molecule has 0 spiro atoms. The van der Waals surface area contributed by atoms with Crippen LogP contribution in [0.15, 0.2) is 0 Å². The Kier molecular flexibility index (Phi) is 7.34. The molecule has 3 nitrogen and oxygen atoms in total. The molecule has 5 heteroatoms. The minimum absolute atomic E-state index is 0.0193. The maximum atomic E-state index is 9.18. The summed E-state index contributed by atoms with van der Waals surface area (Å²) in [4.78, 5) is 0. The van der Waals surface area contributed by atoms with Crippen molar-refractivity contribution in [3.8, 4) is 0 Å². The molecule has 0 heterocycles. The van der Waals surface area contributed by atoms with E-state index in [2.05, 4.69) is 0 Å². The van der Waals surface area contributed by atoms with E-state index in [1.807, 2.05) is 34.6 Å². The average Bonchev–Trinajstić information content (AvgIpc) is 2.00. The molecule has 1 unspecified atom stereocenters. The van der Waals surface area contributed by atoms with Gasteiger partial charge >= 0.3 is 9.28 Å². The van der Waals surface area contributed by atoms with Crippen LogP contribution in [-0.4, -0.2) is 31.6 Å². The van der Waals surface area contributed by atoms with Crippen molar-refractivity contribution in [3.05, 3.63) is 0 Å². The van der Waals surface area contributed by atoms with Crippen molar-refractivity contribution in [1.29, 1.82) is 0 Å². The molecule has 15 heavy (non-hydrogen) atoms. The zero-order chi connectivity index (χ0) is 12.0. The lowest BCUT2D eigenvalue weighted by atomic mass is 10.2. The van der Waals surface area contributed by atoms with Gasteiger partial charge in [0.25, 0.3) is 0 Å². The van der Waals surface area contributed by atoms with Gasteiger partial charge in [-0.3, -0.25) is 0 Å². The Hall–Kier alpha value is 0.0269. The van der Waals surface area contributed by atoms with Gasteiger partial charge in [-0.15, -0.1) is 0 Å². The summed E-state index contributed by atoms with van der Waals surface area (Å²) < 4.78 is 11.5. The summed E-state index contributed by atoms with van der Waals surface area (Å²) in [7, 11) is -1.71. The van der Waals surface area contributed by atoms with Crippen molar-refractivity contribution >= 4 is 26.6 Å². The topological polar surface area (TPSA) is 38.7 Å². The highest BCUT2D eigenvalue weighted by Crippen LogP contribution is 2.13. The van der Waals surface area contributed by atoms with Crippen molar-refractivity contribution in [1.82, 2.24) is 0 Å². The Labute approximate surface area is 99.6 Å². The van der Waals surface area contributed by atoms with E-state index < -0.39 is 9.28 Å². The molecule has 0 fully saturated rings. The quantitative estimate of drug-likeness (QED) is 0.557. The first-order chi connectivity index (χ1) is 6.82. The summed E-state index contributed by atoms with van der Waals surface area (Å²) in [5.41, 5.74) is 0. The molecule has 0 aliphatic carbocycles. The molecule has 1 N–H and O–H groups in total. The smallest absolute Gasteiger partial charge is 0.322 e. The van der Waals surface area contributed by atoms with E-state index in [4.69, 9.17) is 21.1 Å². The van der Waals surface area contributed by atoms with Crippen molar-refractivity contribution in [2.75, 3.05) is 0 Å². The Balaban J connectivity index is 4.17. The van der Waals surface area contributed by atoms with E-state index >= 15 is 0 Å². The number of rotatable bonds is 7. The van der Waals surface area contributed by atoms with Gasteiger partial charge in [0.2, 0.25) is 0 Å². The molecular formula is C10H22O3SSi. The van der Waals surface area contributed by atoms with E-state index in [1.54, 1.807) is 0 Å². The molecule has 0 aromatic carbocycles. The van der Waals surface area contributed by atoms with Gasteiger partial charge < -0.3 is 14.0 Å². The predicted octanol–water partition coefficient (Wildman–Crippen LogP) is 2.58. The Bertz CT molecular complexity index is 187. The molecule has 0 aliphatic heterocycles. The number of thiocarbonyl (C=S) groups is 1. The third-order valence-electron chi connectivity index (χ3n) is 1.82. The Morgan fingerprint density at radius 1 is 1.13 bits per heavy atom. The molecule has 0 amide bonds. The first kappa shape index (κ1) is 15.0. The summed E-state index contributed by atoms with van der Waals surface area (Å²) >= 11 is 4.73. The van der Waals surface area contributed by atoms with Gasteiger partial charge in [0.05, 0.1) is 0 Å². The zero-order valence-corrected chi connectivity index (χ0v) is 12.2. The van der Waals surface area contributed by atoms with Crippen molar-refractivity contribution in [2.45, 2.75) is 52.9 Å². The number of hydrogen-bond donors (Lipinski definition) is 1. The second-order valence-corrected chi connectivity index (χ2v) is 6.57. The van der Waals surface area contributed by atoms with Crippen LogP contribution in [0.2, 0.25) is 6.04 Å². The van der Waals surface area contributed by atoms with Crippen LogP contribution in [0.25, 0.3) is 0 Å². The third-order valence-corrected chi connectivity index (χ3v) is 5.01. The van der Waals surface area contributed by atoms with Crippen LogP contribution >= 0.6 is 12.2 Å². The number of hydrogen-bond acceptors (Lipinski definition) is 3. The van der Waals surface area contributed by atoms with Crippen LogP contribution in [0.3, 0.4) is 0 Å². The van der Waals surface area contributed by atoms with Gasteiger partial charge in [0.15, 0.2) is 5.05 Å². The number of aliphatic hydroxyl groups excluding tert-OH is 1. The van der Waals surface area contributed by atoms with Gasteiger partial charge in [-0.1, -0.05) is 6.92 Å². The molecule has 90 valence electrons. The summed E-state index contributed by atoms with van der Waals surface area (Å²) in [6.07, 6.45) is 0.333. The molecule has 1 atom stereocenters. The van der Waals surface area contributed by atoms with Crippen LogP contribution in [-0.2, 0) is 8.85 Å². The molecule has 0 aliphatic rings. The van der Waals surface area contributed by atoms with Crippen LogP contribution in [0.1, 0.15) is 34.6 Å². The van der Waals surface area contributed by atoms with Gasteiger partial charge in [0.1, 0.15) is 0 Å². The molecule has 0 radical (unpaired) electrons. The van der Waals surface area contributed by atoms with Gasteiger partial charge in [0, 0.05) is 18.1 Å². The summed E-state index contributed by atoms with van der Waals surface area (Å²) in [5, 5.41) is 9.23. The fraction of sp³-hybridized carbons (Fsp3) is 0.900. The maximum absolute atomic E-state index is 9.18. The average molecular weight is 250 g/mol. The predicted molar refractivity (Wildman–Crippen MR) is 68.8 cm³/mol. The normalized spacial score (nSPS) is 13.9. The standard InChI is InChI=1S/C10H22O3SSi/c1-7(2)12-15(13-8(3)4)6-9(5)10(11)14/h7-9,15H,6H2,1-5H3,(H,11,14). The summed E-state index contributed by atoms with van der Waals surface area (Å²) in [6.45, 7) is 9.87. The van der Waals surface area contributed by atoms with Gasteiger partial charge in [-0.2, -0.15) is 0 Å². The second-order valence-electron chi connectivity index (χ2n) is 4.27. The minimum Gasteiger partial charge on any atom is -0.502 e. The van der Waals surface area contributed by atoms with Crippen molar-refractivity contribution < 1.29 is 14.0 Å². The van der Waals surface area contributed by atoms with Crippen LogP contribution in [0.4, 0.5) is 0 Å². The second kappa shape index (κ2) is 7.32. The Morgan fingerprint density at radius 3 is 1.80 bits per heavy atom. The highest BCUT2D eigenvalue weighted by atomic mass is 32.1.